The fourth-order valence-corrected chi connectivity index (χ4v) is 2.52. The third-order valence-corrected chi connectivity index (χ3v) is 3.68. The summed E-state index contributed by atoms with van der Waals surface area (Å²) in [5, 5.41) is 3.20. The zero-order valence-corrected chi connectivity index (χ0v) is 12.4. The van der Waals surface area contributed by atoms with Gasteiger partial charge in [-0.1, -0.05) is 67.4 Å². The van der Waals surface area contributed by atoms with Crippen LogP contribution >= 0.6 is 0 Å². The second-order valence-electron chi connectivity index (χ2n) is 5.33. The largest absolute Gasteiger partial charge is 0.320 e. The Morgan fingerprint density at radius 3 is 2.30 bits per heavy atom. The van der Waals surface area contributed by atoms with E-state index < -0.39 is 0 Å². The topological polar surface area (TPSA) is 12.0 Å². The summed E-state index contributed by atoms with van der Waals surface area (Å²) in [6.07, 6.45) is 6.44. The van der Waals surface area contributed by atoms with E-state index in [1.807, 2.05) is 7.05 Å². The van der Waals surface area contributed by atoms with Gasteiger partial charge < -0.3 is 5.32 Å². The molecule has 106 valence electrons. The highest BCUT2D eigenvalue weighted by atomic mass is 14.8. The van der Waals surface area contributed by atoms with E-state index in [1.54, 1.807) is 0 Å². The fourth-order valence-electron chi connectivity index (χ4n) is 2.52. The first-order valence-electron chi connectivity index (χ1n) is 7.69. The normalized spacial score (nSPS) is 10.7. The average molecular weight is 267 g/mol. The zero-order valence-electron chi connectivity index (χ0n) is 12.4. The van der Waals surface area contributed by atoms with E-state index >= 15 is 0 Å². The molecule has 2 aromatic rings. The molecule has 0 fully saturated rings. The molecule has 0 amide bonds. The minimum absolute atomic E-state index is 1.14. The van der Waals surface area contributed by atoms with Crippen LogP contribution in [-0.2, 0) is 6.42 Å². The summed E-state index contributed by atoms with van der Waals surface area (Å²) >= 11 is 0. The van der Waals surface area contributed by atoms with Crippen molar-refractivity contribution in [3.8, 4) is 11.1 Å². The third kappa shape index (κ3) is 4.82. The van der Waals surface area contributed by atoms with E-state index in [4.69, 9.17) is 0 Å². The third-order valence-electron chi connectivity index (χ3n) is 3.68. The highest BCUT2D eigenvalue weighted by Crippen LogP contribution is 2.20. The van der Waals surface area contributed by atoms with Crippen molar-refractivity contribution in [2.75, 3.05) is 13.6 Å². The maximum Gasteiger partial charge on any atom is -0.00519 e. The number of unbranched alkanes of at least 4 members (excludes halogenated alkanes) is 3. The molecule has 0 radical (unpaired) electrons. The molecule has 1 N–H and O–H groups in total. The van der Waals surface area contributed by atoms with Gasteiger partial charge in [0.25, 0.3) is 0 Å². The van der Waals surface area contributed by atoms with Crippen molar-refractivity contribution in [3.05, 3.63) is 60.2 Å². The molecular weight excluding hydrogens is 242 g/mol. The first-order valence-corrected chi connectivity index (χ1v) is 7.69. The molecule has 0 saturated heterocycles. The molecule has 0 spiro atoms. The monoisotopic (exact) mass is 267 g/mol. The van der Waals surface area contributed by atoms with E-state index in [0.29, 0.717) is 0 Å². The number of aryl methyl sites for hydroxylation is 1. The Morgan fingerprint density at radius 2 is 1.50 bits per heavy atom. The maximum absolute atomic E-state index is 3.20. The Hall–Kier alpha value is -1.60. The van der Waals surface area contributed by atoms with Gasteiger partial charge in [0, 0.05) is 0 Å². The van der Waals surface area contributed by atoms with Crippen molar-refractivity contribution >= 4 is 0 Å². The van der Waals surface area contributed by atoms with Crippen LogP contribution in [0.1, 0.15) is 31.2 Å². The van der Waals surface area contributed by atoms with Gasteiger partial charge in [-0.2, -0.15) is 0 Å². The Labute approximate surface area is 123 Å². The Kier molecular flexibility index (Phi) is 6.33. The molecular formula is C19H25N. The van der Waals surface area contributed by atoms with Crippen molar-refractivity contribution in [3.63, 3.8) is 0 Å². The number of hydrogen-bond donors (Lipinski definition) is 1. The SMILES string of the molecule is CNCCCCCCc1cccc(-c2ccccc2)c1. The van der Waals surface area contributed by atoms with Gasteiger partial charge in [-0.05, 0) is 49.5 Å². The molecule has 0 aliphatic carbocycles. The minimum Gasteiger partial charge on any atom is -0.320 e. The molecule has 2 rings (SSSR count). The second kappa shape index (κ2) is 8.55. The average Bonchev–Trinajstić information content (AvgIpc) is 2.52. The van der Waals surface area contributed by atoms with Gasteiger partial charge in [0.15, 0.2) is 0 Å². The van der Waals surface area contributed by atoms with Gasteiger partial charge >= 0.3 is 0 Å². The first kappa shape index (κ1) is 14.8. The van der Waals surface area contributed by atoms with Crippen molar-refractivity contribution < 1.29 is 0 Å². The molecule has 0 saturated carbocycles. The number of rotatable bonds is 8. The van der Waals surface area contributed by atoms with Crippen molar-refractivity contribution in [2.24, 2.45) is 0 Å². The predicted molar refractivity (Wildman–Crippen MR) is 88.0 cm³/mol. The quantitative estimate of drug-likeness (QED) is 0.685. The molecule has 0 atom stereocenters. The van der Waals surface area contributed by atoms with Crippen LogP contribution in [0.4, 0.5) is 0 Å². The molecule has 2 aromatic carbocycles. The molecule has 0 heterocycles. The predicted octanol–water partition coefficient (Wildman–Crippen LogP) is 4.68. The summed E-state index contributed by atoms with van der Waals surface area (Å²) in [4.78, 5) is 0. The van der Waals surface area contributed by atoms with Gasteiger partial charge in [0.1, 0.15) is 0 Å². The van der Waals surface area contributed by atoms with Crippen LogP contribution in [0.3, 0.4) is 0 Å². The van der Waals surface area contributed by atoms with Gasteiger partial charge in [0.05, 0.1) is 0 Å². The molecule has 0 aliphatic rings. The smallest absolute Gasteiger partial charge is 0.00519 e. The van der Waals surface area contributed by atoms with Crippen LogP contribution < -0.4 is 5.32 Å². The van der Waals surface area contributed by atoms with Crippen LogP contribution in [0.5, 0.6) is 0 Å². The fraction of sp³-hybridized carbons (Fsp3) is 0.368. The number of nitrogens with one attached hydrogen (secondary N) is 1. The van der Waals surface area contributed by atoms with E-state index in [9.17, 15) is 0 Å². The van der Waals surface area contributed by atoms with Crippen LogP contribution in [0.15, 0.2) is 54.6 Å². The van der Waals surface area contributed by atoms with Gasteiger partial charge in [0.2, 0.25) is 0 Å². The lowest BCUT2D eigenvalue weighted by molar-refractivity contribution is 0.616. The Bertz CT molecular complexity index is 490. The van der Waals surface area contributed by atoms with Crippen LogP contribution in [0.2, 0.25) is 0 Å². The van der Waals surface area contributed by atoms with Crippen LogP contribution in [-0.4, -0.2) is 13.6 Å². The summed E-state index contributed by atoms with van der Waals surface area (Å²) in [5.41, 5.74) is 4.10. The lowest BCUT2D eigenvalue weighted by Crippen LogP contribution is -2.06. The summed E-state index contributed by atoms with van der Waals surface area (Å²) in [7, 11) is 2.02. The zero-order chi connectivity index (χ0) is 14.0. The minimum atomic E-state index is 1.14. The number of benzene rings is 2. The highest BCUT2D eigenvalue weighted by Gasteiger charge is 1.99. The van der Waals surface area contributed by atoms with Crippen LogP contribution in [0.25, 0.3) is 11.1 Å². The Balaban J connectivity index is 1.84. The lowest BCUT2D eigenvalue weighted by Gasteiger charge is -2.06. The summed E-state index contributed by atoms with van der Waals surface area (Å²) in [6, 6.07) is 19.6. The molecule has 0 aliphatic heterocycles. The summed E-state index contributed by atoms with van der Waals surface area (Å²) < 4.78 is 0. The van der Waals surface area contributed by atoms with E-state index in [0.717, 1.165) is 6.54 Å². The Morgan fingerprint density at radius 1 is 0.750 bits per heavy atom. The molecule has 0 bridgehead atoms. The molecule has 0 unspecified atom stereocenters. The van der Waals surface area contributed by atoms with Gasteiger partial charge in [-0.25, -0.2) is 0 Å². The van der Waals surface area contributed by atoms with E-state index in [-0.39, 0.29) is 0 Å². The second-order valence-corrected chi connectivity index (χ2v) is 5.33. The number of hydrogen-bond acceptors (Lipinski definition) is 1. The van der Waals surface area contributed by atoms with Crippen molar-refractivity contribution in [1.82, 2.24) is 5.32 Å². The van der Waals surface area contributed by atoms with Crippen molar-refractivity contribution in [2.45, 2.75) is 32.1 Å². The van der Waals surface area contributed by atoms with E-state index in [1.165, 1.54) is 48.8 Å². The first-order chi connectivity index (χ1) is 9.90. The molecule has 1 nitrogen and oxygen atoms in total. The lowest BCUT2D eigenvalue weighted by atomic mass is 10.00. The molecule has 20 heavy (non-hydrogen) atoms. The highest BCUT2D eigenvalue weighted by molar-refractivity contribution is 5.63. The van der Waals surface area contributed by atoms with Gasteiger partial charge in [-0.3, -0.25) is 0 Å². The summed E-state index contributed by atoms with van der Waals surface area (Å²) in [6.45, 7) is 1.14. The van der Waals surface area contributed by atoms with Gasteiger partial charge in [-0.15, -0.1) is 0 Å². The van der Waals surface area contributed by atoms with E-state index in [2.05, 4.69) is 59.9 Å². The van der Waals surface area contributed by atoms with Crippen molar-refractivity contribution in [1.29, 1.82) is 0 Å². The standard InChI is InChI=1S/C19H25N/c1-20-15-8-3-2-5-10-17-11-9-14-19(16-17)18-12-6-4-7-13-18/h4,6-7,9,11-14,16,20H,2-3,5,8,10,15H2,1H3. The molecule has 1 heteroatoms. The van der Waals surface area contributed by atoms with Crippen LogP contribution in [0, 0.1) is 0 Å². The summed E-state index contributed by atoms with van der Waals surface area (Å²) in [5.74, 6) is 0. The maximum atomic E-state index is 3.20. The molecule has 0 aromatic heterocycles.